The van der Waals surface area contributed by atoms with Crippen molar-refractivity contribution in [2.45, 2.75) is 37.5 Å². The highest BCUT2D eigenvalue weighted by Gasteiger charge is 2.34. The van der Waals surface area contributed by atoms with Crippen molar-refractivity contribution >= 4 is 5.95 Å². The minimum atomic E-state index is 0.0387. The van der Waals surface area contributed by atoms with E-state index in [-0.39, 0.29) is 18.2 Å². The van der Waals surface area contributed by atoms with Crippen molar-refractivity contribution in [2.75, 3.05) is 19.5 Å². The summed E-state index contributed by atoms with van der Waals surface area (Å²) in [5.41, 5.74) is 3.42. The maximum atomic E-state index is 5.53. The smallest absolute Gasteiger partial charge is 0.224 e. The lowest BCUT2D eigenvalue weighted by Crippen LogP contribution is -2.48. The average molecular weight is 337 g/mol. The molecule has 1 fully saturated rings. The van der Waals surface area contributed by atoms with Crippen molar-refractivity contribution in [1.82, 2.24) is 9.97 Å². The van der Waals surface area contributed by atoms with Crippen LogP contribution in [-0.4, -0.2) is 42.4 Å². The highest BCUT2D eigenvalue weighted by atomic mass is 16.5. The molecule has 25 heavy (non-hydrogen) atoms. The van der Waals surface area contributed by atoms with E-state index in [2.05, 4.69) is 45.5 Å². The van der Waals surface area contributed by atoms with Gasteiger partial charge in [0.05, 0.1) is 18.2 Å². The van der Waals surface area contributed by atoms with Gasteiger partial charge in [0.15, 0.2) is 0 Å². The summed E-state index contributed by atoms with van der Waals surface area (Å²) in [6.07, 6.45) is 10.3. The van der Waals surface area contributed by atoms with Crippen LogP contribution in [-0.2, 0) is 9.47 Å². The van der Waals surface area contributed by atoms with Gasteiger partial charge < -0.3 is 14.8 Å². The summed E-state index contributed by atoms with van der Waals surface area (Å²) < 4.78 is 11.1. The second-order valence-electron chi connectivity index (χ2n) is 6.14. The van der Waals surface area contributed by atoms with Gasteiger partial charge in [-0.2, -0.15) is 0 Å². The van der Waals surface area contributed by atoms with Gasteiger partial charge >= 0.3 is 0 Å². The zero-order valence-electron chi connectivity index (χ0n) is 14.6. The number of ether oxygens (including phenoxy) is 2. The number of anilines is 1. The Morgan fingerprint density at radius 2 is 1.80 bits per heavy atom. The molecule has 0 amide bonds. The van der Waals surface area contributed by atoms with E-state index in [1.54, 1.807) is 26.5 Å². The molecule has 0 spiro atoms. The number of hydrogen-bond donors (Lipinski definition) is 1. The molecule has 2 atom stereocenters. The zero-order valence-corrected chi connectivity index (χ0v) is 14.6. The Labute approximate surface area is 148 Å². The minimum absolute atomic E-state index is 0.0387. The van der Waals surface area contributed by atoms with Crippen LogP contribution in [0.25, 0.3) is 11.1 Å². The first-order valence-electron chi connectivity index (χ1n) is 8.47. The fraction of sp³-hybridized carbons (Fsp3) is 0.400. The van der Waals surface area contributed by atoms with Gasteiger partial charge in [-0.15, -0.1) is 6.42 Å². The van der Waals surface area contributed by atoms with Crippen molar-refractivity contribution in [1.29, 1.82) is 0 Å². The summed E-state index contributed by atoms with van der Waals surface area (Å²) in [5, 5.41) is 3.29. The Balaban J connectivity index is 0.000000250. The molecule has 3 aliphatic rings. The van der Waals surface area contributed by atoms with Gasteiger partial charge in [0.1, 0.15) is 5.69 Å². The summed E-state index contributed by atoms with van der Waals surface area (Å²) in [6, 6.07) is 10.2. The van der Waals surface area contributed by atoms with Crippen LogP contribution in [0.15, 0.2) is 36.5 Å². The number of aromatic nitrogens is 2. The number of benzene rings is 1. The first-order valence-corrected chi connectivity index (χ1v) is 8.47. The molecule has 1 aromatic rings. The Morgan fingerprint density at radius 3 is 2.28 bits per heavy atom. The molecule has 1 aromatic heterocycles. The lowest BCUT2D eigenvalue weighted by molar-refractivity contribution is -0.0213. The molecule has 1 heterocycles. The van der Waals surface area contributed by atoms with Crippen LogP contribution in [0.4, 0.5) is 5.95 Å². The quantitative estimate of drug-likeness (QED) is 0.741. The molecular weight excluding hydrogens is 314 g/mol. The Morgan fingerprint density at radius 1 is 1.12 bits per heavy atom. The van der Waals surface area contributed by atoms with Crippen molar-refractivity contribution in [3.05, 3.63) is 42.2 Å². The first kappa shape index (κ1) is 17.4. The molecule has 4 rings (SSSR count). The summed E-state index contributed by atoms with van der Waals surface area (Å²) in [6.45, 7) is 0. The van der Waals surface area contributed by atoms with E-state index in [0.717, 1.165) is 19.3 Å². The lowest BCUT2D eigenvalue weighted by Gasteiger charge is -2.36. The molecule has 5 heteroatoms. The molecule has 0 radical (unpaired) electrons. The van der Waals surface area contributed by atoms with E-state index >= 15 is 0 Å². The van der Waals surface area contributed by atoms with Crippen LogP contribution in [0.1, 0.15) is 25.0 Å². The van der Waals surface area contributed by atoms with Crippen LogP contribution >= 0.6 is 0 Å². The number of nitrogens with one attached hydrogen (secondary N) is 1. The maximum absolute atomic E-state index is 5.53. The van der Waals surface area contributed by atoms with Crippen LogP contribution in [0, 0.1) is 12.3 Å². The van der Waals surface area contributed by atoms with Gasteiger partial charge in [0, 0.05) is 20.4 Å². The SMILES string of the molecule is C#Cc1ccnc(NC2C(OC)CCCC2OC)n1.c1cc2cc-2c1. The minimum Gasteiger partial charge on any atom is -0.379 e. The molecule has 0 saturated heterocycles. The van der Waals surface area contributed by atoms with Gasteiger partial charge in [-0.3, -0.25) is 0 Å². The fourth-order valence-corrected chi connectivity index (χ4v) is 3.17. The van der Waals surface area contributed by atoms with E-state index in [4.69, 9.17) is 15.9 Å². The normalized spacial score (nSPS) is 23.0. The summed E-state index contributed by atoms with van der Waals surface area (Å²) in [5.74, 6) is 3.02. The zero-order chi connectivity index (χ0) is 17.6. The van der Waals surface area contributed by atoms with Gasteiger partial charge in [-0.05, 0) is 42.5 Å². The second-order valence-corrected chi connectivity index (χ2v) is 6.14. The Hall–Kier alpha value is -2.42. The lowest BCUT2D eigenvalue weighted by atomic mass is 9.89. The van der Waals surface area contributed by atoms with E-state index in [1.165, 1.54) is 11.1 Å². The summed E-state index contributed by atoms with van der Waals surface area (Å²) in [4.78, 5) is 8.44. The number of fused-ring (bicyclic) bond motifs is 1. The molecule has 0 aromatic carbocycles. The van der Waals surface area contributed by atoms with E-state index in [1.807, 2.05) is 0 Å². The largest absolute Gasteiger partial charge is 0.379 e. The molecule has 5 nitrogen and oxygen atoms in total. The maximum Gasteiger partial charge on any atom is 0.224 e. The number of rotatable bonds is 4. The van der Waals surface area contributed by atoms with Crippen molar-refractivity contribution in [2.24, 2.45) is 0 Å². The molecule has 0 aliphatic heterocycles. The molecule has 130 valence electrons. The fourth-order valence-electron chi connectivity index (χ4n) is 3.17. The highest BCUT2D eigenvalue weighted by molar-refractivity contribution is 5.80. The van der Waals surface area contributed by atoms with Crippen molar-refractivity contribution in [3.63, 3.8) is 0 Å². The number of terminal acetylenes is 1. The molecule has 0 bridgehead atoms. The van der Waals surface area contributed by atoms with E-state index in [9.17, 15) is 0 Å². The summed E-state index contributed by atoms with van der Waals surface area (Å²) in [7, 11) is 3.44. The molecular formula is C20H23N3O2. The van der Waals surface area contributed by atoms with Crippen molar-refractivity contribution in [3.8, 4) is 23.5 Å². The number of hydrogen-bond acceptors (Lipinski definition) is 5. The average Bonchev–Trinajstić information content (AvgIpc) is 3.27. The van der Waals surface area contributed by atoms with Crippen LogP contribution in [0.2, 0.25) is 0 Å². The van der Waals surface area contributed by atoms with Gasteiger partial charge in [-0.1, -0.05) is 24.1 Å². The molecule has 2 unspecified atom stereocenters. The Bertz CT molecular complexity index is 727. The summed E-state index contributed by atoms with van der Waals surface area (Å²) >= 11 is 0. The highest BCUT2D eigenvalue weighted by Crippen LogP contribution is 2.32. The van der Waals surface area contributed by atoms with E-state index < -0.39 is 0 Å². The first-order chi connectivity index (χ1) is 12.2. The topological polar surface area (TPSA) is 56.3 Å². The number of methoxy groups -OCH3 is 2. The molecule has 1 saturated carbocycles. The standard InChI is InChI=1S/C14H19N3O2.C6H4/c1-4-10-8-9-15-14(16-10)17-13-11(18-2)6-5-7-12(13)19-3;1-2-5-4-6(5)3-1/h1,8-9,11-13H,5-7H2,2-3H3,(H,15,16,17);1-4H. The third kappa shape index (κ3) is 4.36. The number of nitrogens with zero attached hydrogens (tertiary/aromatic N) is 2. The third-order valence-electron chi connectivity index (χ3n) is 4.60. The van der Waals surface area contributed by atoms with Crippen LogP contribution < -0.4 is 5.32 Å². The van der Waals surface area contributed by atoms with Gasteiger partial charge in [0.2, 0.25) is 5.95 Å². The van der Waals surface area contributed by atoms with Crippen molar-refractivity contribution < 1.29 is 9.47 Å². The van der Waals surface area contributed by atoms with Crippen LogP contribution in [0.3, 0.4) is 0 Å². The van der Waals surface area contributed by atoms with Crippen LogP contribution in [0.5, 0.6) is 0 Å². The second kappa shape index (κ2) is 8.11. The molecule has 1 N–H and O–H groups in total. The van der Waals surface area contributed by atoms with E-state index in [0.29, 0.717) is 11.6 Å². The van der Waals surface area contributed by atoms with Gasteiger partial charge in [0.25, 0.3) is 0 Å². The Kier molecular flexibility index (Phi) is 5.64. The monoisotopic (exact) mass is 337 g/mol. The third-order valence-corrected chi connectivity index (χ3v) is 4.60. The predicted octanol–water partition coefficient (Wildman–Crippen LogP) is 3.12. The van der Waals surface area contributed by atoms with Gasteiger partial charge in [-0.25, -0.2) is 9.97 Å². The molecule has 3 aliphatic carbocycles. The predicted molar refractivity (Wildman–Crippen MR) is 98.3 cm³/mol.